The van der Waals surface area contributed by atoms with Gasteiger partial charge < -0.3 is 4.42 Å². The fourth-order valence-corrected chi connectivity index (χ4v) is 4.22. The monoisotopic (exact) mass is 507 g/mol. The molecule has 0 amide bonds. The average molecular weight is 507 g/mol. The van der Waals surface area contributed by atoms with Gasteiger partial charge in [-0.1, -0.05) is 12.1 Å². The standard InChI is InChI=1S/C23H17F4N3O4S/c24-17-5-8-21-15(9-17)10-22(34-21)35(32,33)30-12-19(31)7-6-18-11-20(29-13-28-18)14-1-3-16(4-2-14)23(25,26)27/h1-5,8-11,13,30H,6-7,12H2. The molecule has 0 aliphatic rings. The molecule has 2 heterocycles. The first-order valence-electron chi connectivity index (χ1n) is 10.2. The van der Waals surface area contributed by atoms with Crippen molar-refractivity contribution in [2.75, 3.05) is 6.54 Å². The second-order valence-electron chi connectivity index (χ2n) is 7.58. The predicted molar refractivity (Wildman–Crippen MR) is 117 cm³/mol. The number of aryl methyl sites for hydroxylation is 1. The van der Waals surface area contributed by atoms with Gasteiger partial charge >= 0.3 is 6.18 Å². The van der Waals surface area contributed by atoms with E-state index in [1.54, 1.807) is 6.07 Å². The highest BCUT2D eigenvalue weighted by atomic mass is 32.2. The molecule has 2 aromatic carbocycles. The Morgan fingerprint density at radius 1 is 1.00 bits per heavy atom. The van der Waals surface area contributed by atoms with Gasteiger partial charge in [-0.2, -0.15) is 13.2 Å². The lowest BCUT2D eigenvalue weighted by Gasteiger charge is -2.08. The highest BCUT2D eigenvalue weighted by Gasteiger charge is 2.30. The maximum Gasteiger partial charge on any atom is 0.416 e. The van der Waals surface area contributed by atoms with Crippen LogP contribution in [0.15, 0.2) is 70.4 Å². The normalized spacial score (nSPS) is 12.2. The molecular formula is C23H17F4N3O4S. The van der Waals surface area contributed by atoms with Crippen LogP contribution in [0.3, 0.4) is 0 Å². The summed E-state index contributed by atoms with van der Waals surface area (Å²) in [5.74, 6) is -0.970. The van der Waals surface area contributed by atoms with E-state index >= 15 is 0 Å². The molecule has 4 aromatic rings. The van der Waals surface area contributed by atoms with Crippen LogP contribution in [0.2, 0.25) is 0 Å². The molecule has 35 heavy (non-hydrogen) atoms. The average Bonchev–Trinajstić information content (AvgIpc) is 3.25. The molecule has 0 saturated heterocycles. The van der Waals surface area contributed by atoms with Crippen molar-refractivity contribution in [3.05, 3.63) is 78.0 Å². The number of carbonyl (C=O) groups is 1. The molecule has 2 aromatic heterocycles. The zero-order chi connectivity index (χ0) is 25.2. The largest absolute Gasteiger partial charge is 0.443 e. The van der Waals surface area contributed by atoms with Crippen LogP contribution in [-0.2, 0) is 27.4 Å². The van der Waals surface area contributed by atoms with E-state index in [2.05, 4.69) is 14.7 Å². The number of hydrogen-bond acceptors (Lipinski definition) is 6. The summed E-state index contributed by atoms with van der Waals surface area (Å²) in [4.78, 5) is 20.3. The van der Waals surface area contributed by atoms with E-state index in [1.807, 2.05) is 0 Å². The molecule has 0 aliphatic carbocycles. The Morgan fingerprint density at radius 2 is 1.74 bits per heavy atom. The first-order chi connectivity index (χ1) is 16.5. The number of halogens is 4. The lowest BCUT2D eigenvalue weighted by molar-refractivity contribution is -0.137. The van der Waals surface area contributed by atoms with Gasteiger partial charge in [0.15, 0.2) is 0 Å². The Balaban J connectivity index is 1.35. The fraction of sp³-hybridized carbons (Fsp3) is 0.174. The minimum absolute atomic E-state index is 0.0443. The molecule has 0 saturated carbocycles. The summed E-state index contributed by atoms with van der Waals surface area (Å²) in [6.07, 6.45) is -3.09. The van der Waals surface area contributed by atoms with Crippen LogP contribution in [0.25, 0.3) is 22.2 Å². The Bertz CT molecular complexity index is 1480. The third kappa shape index (κ3) is 5.89. The molecule has 0 aliphatic heterocycles. The first-order valence-corrected chi connectivity index (χ1v) is 11.7. The van der Waals surface area contributed by atoms with Crippen LogP contribution in [0.4, 0.5) is 17.6 Å². The number of rotatable bonds is 8. The quantitative estimate of drug-likeness (QED) is 0.352. The van der Waals surface area contributed by atoms with Crippen molar-refractivity contribution in [2.24, 2.45) is 0 Å². The smallest absolute Gasteiger partial charge is 0.416 e. The van der Waals surface area contributed by atoms with Crippen LogP contribution < -0.4 is 4.72 Å². The summed E-state index contributed by atoms with van der Waals surface area (Å²) >= 11 is 0. The Morgan fingerprint density at radius 3 is 2.46 bits per heavy atom. The number of furan rings is 1. The lowest BCUT2D eigenvalue weighted by Crippen LogP contribution is -2.29. The Kier molecular flexibility index (Phi) is 6.68. The van der Waals surface area contributed by atoms with Crippen LogP contribution in [0.1, 0.15) is 17.7 Å². The van der Waals surface area contributed by atoms with Crippen molar-refractivity contribution in [3.63, 3.8) is 0 Å². The summed E-state index contributed by atoms with van der Waals surface area (Å²) < 4.78 is 83.7. The van der Waals surface area contributed by atoms with Gasteiger partial charge in [-0.3, -0.25) is 4.79 Å². The lowest BCUT2D eigenvalue weighted by atomic mass is 10.1. The fourth-order valence-electron chi connectivity index (χ4n) is 3.25. The molecule has 0 spiro atoms. The maximum atomic E-state index is 13.3. The molecule has 0 radical (unpaired) electrons. The van der Waals surface area contributed by atoms with Crippen molar-refractivity contribution >= 4 is 26.8 Å². The molecule has 12 heteroatoms. The van der Waals surface area contributed by atoms with Crippen LogP contribution >= 0.6 is 0 Å². The van der Waals surface area contributed by atoms with Crippen molar-refractivity contribution in [1.29, 1.82) is 0 Å². The Labute approximate surface area is 196 Å². The highest BCUT2D eigenvalue weighted by Crippen LogP contribution is 2.30. The van der Waals surface area contributed by atoms with E-state index < -0.39 is 45.0 Å². The third-order valence-corrected chi connectivity index (χ3v) is 6.33. The van der Waals surface area contributed by atoms with Gasteiger partial charge in [0.2, 0.25) is 5.09 Å². The number of alkyl halides is 3. The van der Waals surface area contributed by atoms with E-state index in [-0.39, 0.29) is 23.8 Å². The molecule has 4 rings (SSSR count). The number of benzene rings is 2. The number of hydrogen-bond donors (Lipinski definition) is 1. The minimum atomic E-state index is -4.44. The number of Topliss-reactive ketones (excluding diaryl/α,β-unsaturated/α-hetero) is 1. The highest BCUT2D eigenvalue weighted by molar-refractivity contribution is 7.89. The first kappa shape index (κ1) is 24.5. The second-order valence-corrected chi connectivity index (χ2v) is 9.28. The van der Waals surface area contributed by atoms with Crippen molar-refractivity contribution < 1.29 is 35.2 Å². The summed E-state index contributed by atoms with van der Waals surface area (Å²) in [5, 5.41) is -0.174. The number of ketones is 1. The maximum absolute atomic E-state index is 13.3. The molecule has 0 bridgehead atoms. The van der Waals surface area contributed by atoms with Crippen molar-refractivity contribution in [3.8, 4) is 11.3 Å². The zero-order valence-corrected chi connectivity index (χ0v) is 18.7. The molecular weight excluding hydrogens is 490 g/mol. The molecule has 0 atom stereocenters. The molecule has 182 valence electrons. The Hall–Kier alpha value is -3.64. The van der Waals surface area contributed by atoms with Gasteiger partial charge in [-0.15, -0.1) is 0 Å². The number of carbonyl (C=O) groups excluding carboxylic acids is 1. The number of aromatic nitrogens is 2. The zero-order valence-electron chi connectivity index (χ0n) is 17.8. The van der Waals surface area contributed by atoms with Gasteiger partial charge in [0.25, 0.3) is 10.0 Å². The van der Waals surface area contributed by atoms with E-state index in [9.17, 15) is 30.8 Å². The number of nitrogens with one attached hydrogen (secondary N) is 1. The molecule has 7 nitrogen and oxygen atoms in total. The second kappa shape index (κ2) is 9.55. The number of fused-ring (bicyclic) bond motifs is 1. The van der Waals surface area contributed by atoms with E-state index in [0.717, 1.165) is 30.3 Å². The van der Waals surface area contributed by atoms with Gasteiger partial charge in [-0.05, 0) is 42.8 Å². The molecule has 0 fully saturated rings. The summed E-state index contributed by atoms with van der Waals surface area (Å²) in [7, 11) is -4.14. The van der Waals surface area contributed by atoms with Gasteiger partial charge in [0.1, 0.15) is 23.5 Å². The van der Waals surface area contributed by atoms with E-state index in [0.29, 0.717) is 17.0 Å². The number of sulfonamides is 1. The number of nitrogens with zero attached hydrogens (tertiary/aromatic N) is 2. The van der Waals surface area contributed by atoms with E-state index in [1.165, 1.54) is 24.5 Å². The van der Waals surface area contributed by atoms with Crippen LogP contribution in [0, 0.1) is 5.82 Å². The van der Waals surface area contributed by atoms with Crippen molar-refractivity contribution in [1.82, 2.24) is 14.7 Å². The minimum Gasteiger partial charge on any atom is -0.443 e. The molecule has 1 N–H and O–H groups in total. The van der Waals surface area contributed by atoms with Gasteiger partial charge in [0.05, 0.1) is 17.8 Å². The molecule has 0 unspecified atom stereocenters. The summed E-state index contributed by atoms with van der Waals surface area (Å²) in [6, 6.07) is 10.8. The van der Waals surface area contributed by atoms with E-state index in [4.69, 9.17) is 4.42 Å². The van der Waals surface area contributed by atoms with Gasteiger partial charge in [-0.25, -0.2) is 27.5 Å². The van der Waals surface area contributed by atoms with Crippen LogP contribution in [-0.4, -0.2) is 30.7 Å². The topological polar surface area (TPSA) is 102 Å². The third-order valence-electron chi connectivity index (χ3n) is 5.07. The SMILES string of the molecule is O=C(CCc1cc(-c2ccc(C(F)(F)F)cc2)ncn1)CNS(=O)(=O)c1cc2cc(F)ccc2o1. The predicted octanol–water partition coefficient (Wildman–Crippen LogP) is 4.53. The van der Waals surface area contributed by atoms with Crippen LogP contribution in [0.5, 0.6) is 0 Å². The summed E-state index contributed by atoms with van der Waals surface area (Å²) in [6.45, 7) is -0.495. The summed E-state index contributed by atoms with van der Waals surface area (Å²) in [5.41, 5.74) is 0.708. The van der Waals surface area contributed by atoms with Gasteiger partial charge in [0, 0.05) is 29.1 Å². The van der Waals surface area contributed by atoms with Crippen molar-refractivity contribution in [2.45, 2.75) is 24.1 Å².